The van der Waals surface area contributed by atoms with Crippen LogP contribution in [0.2, 0.25) is 16.6 Å². The van der Waals surface area contributed by atoms with Crippen LogP contribution in [-0.2, 0) is 16.9 Å². The predicted octanol–water partition coefficient (Wildman–Crippen LogP) is 4.47. The monoisotopic (exact) mass is 484 g/mol. The van der Waals surface area contributed by atoms with Crippen molar-refractivity contribution in [2.45, 2.75) is 63.3 Å². The van der Waals surface area contributed by atoms with Crippen LogP contribution < -0.4 is 5.32 Å². The average Bonchev–Trinajstić information content (AvgIpc) is 3.10. The zero-order valence-corrected chi connectivity index (χ0v) is 22.3. The molecule has 0 amide bonds. The summed E-state index contributed by atoms with van der Waals surface area (Å²) in [5.41, 5.74) is 6.17. The molecule has 3 aromatic rings. The number of aryl methyl sites for hydroxylation is 1. The predicted molar refractivity (Wildman–Crippen MR) is 135 cm³/mol. The van der Waals surface area contributed by atoms with E-state index in [4.69, 9.17) is 0 Å². The van der Waals surface area contributed by atoms with Crippen LogP contribution in [0.25, 0.3) is 11.0 Å². The Hall–Kier alpha value is -2.77. The number of aromatic nitrogens is 5. The molecule has 0 saturated heterocycles. The second-order valence-electron chi connectivity index (χ2n) is 9.35. The lowest BCUT2D eigenvalue weighted by molar-refractivity contribution is 0.593. The molecule has 0 aliphatic rings. The maximum atomic E-state index is 12.0. The largest absolute Gasteiger partial charge is 0.320 e. The molecule has 1 N–H and O–H groups in total. The first-order valence-corrected chi connectivity index (χ1v) is 15.1. The summed E-state index contributed by atoms with van der Waals surface area (Å²) >= 11 is 0. The maximum absolute atomic E-state index is 12.0. The third-order valence-electron chi connectivity index (χ3n) is 6.22. The fourth-order valence-corrected chi connectivity index (χ4v) is 10.3. The van der Waals surface area contributed by atoms with Gasteiger partial charge in [-0.15, -0.1) is 5.54 Å². The number of anilines is 2. The standard InChI is InChI=1S/C23H32N6O2SSi/c1-15(2)33(16(3)4,17(5)6)12-9-18-13-20(27-22-24-10-11-29(22)7)26-21-19(18)14-25-23(28-21)32(8,30)31/h10-11,13-17H,1-8H3,(H,24,25,26,27,28). The van der Waals surface area contributed by atoms with Crippen molar-refractivity contribution < 1.29 is 8.42 Å². The molecular formula is C23H32N6O2SSi. The number of pyridine rings is 1. The molecule has 0 aliphatic carbocycles. The van der Waals surface area contributed by atoms with Gasteiger partial charge in [0.25, 0.3) is 0 Å². The smallest absolute Gasteiger partial charge is 0.248 e. The van der Waals surface area contributed by atoms with E-state index in [9.17, 15) is 8.42 Å². The Balaban J connectivity index is 2.25. The number of nitrogens with zero attached hydrogens (tertiary/aromatic N) is 5. The van der Waals surface area contributed by atoms with Gasteiger partial charge in [-0.3, -0.25) is 0 Å². The third-order valence-corrected chi connectivity index (χ3v) is 13.4. The van der Waals surface area contributed by atoms with Gasteiger partial charge in [0.2, 0.25) is 20.9 Å². The molecule has 3 rings (SSSR count). The van der Waals surface area contributed by atoms with Crippen molar-refractivity contribution in [3.8, 4) is 11.5 Å². The Kier molecular flexibility index (Phi) is 6.95. The maximum Gasteiger partial charge on any atom is 0.248 e. The van der Waals surface area contributed by atoms with Crippen LogP contribution in [0, 0.1) is 11.5 Å². The van der Waals surface area contributed by atoms with Crippen LogP contribution >= 0.6 is 0 Å². The number of hydrogen-bond acceptors (Lipinski definition) is 7. The molecule has 0 unspecified atom stereocenters. The highest BCUT2D eigenvalue weighted by Gasteiger charge is 2.41. The molecule has 0 aromatic carbocycles. The van der Waals surface area contributed by atoms with E-state index in [2.05, 4.69) is 78.3 Å². The van der Waals surface area contributed by atoms with Gasteiger partial charge in [0.1, 0.15) is 13.9 Å². The summed E-state index contributed by atoms with van der Waals surface area (Å²) in [4.78, 5) is 17.1. The van der Waals surface area contributed by atoms with Crippen molar-refractivity contribution in [2.75, 3.05) is 11.6 Å². The molecule has 0 bridgehead atoms. The van der Waals surface area contributed by atoms with Crippen LogP contribution in [-0.4, -0.2) is 47.3 Å². The van der Waals surface area contributed by atoms with E-state index in [0.717, 1.165) is 11.8 Å². The molecule has 0 radical (unpaired) electrons. The second-order valence-corrected chi connectivity index (χ2v) is 16.8. The van der Waals surface area contributed by atoms with Gasteiger partial charge in [-0.1, -0.05) is 47.5 Å². The van der Waals surface area contributed by atoms with Crippen molar-refractivity contribution >= 4 is 40.7 Å². The minimum atomic E-state index is -3.57. The normalized spacial score (nSPS) is 12.5. The molecular weight excluding hydrogens is 452 g/mol. The number of nitrogens with one attached hydrogen (secondary N) is 1. The first kappa shape index (κ1) is 24.9. The summed E-state index contributed by atoms with van der Waals surface area (Å²) < 4.78 is 25.9. The number of rotatable bonds is 6. The first-order valence-electron chi connectivity index (χ1n) is 11.0. The molecule has 0 aliphatic heterocycles. The number of imidazole rings is 1. The molecule has 3 heterocycles. The zero-order valence-electron chi connectivity index (χ0n) is 20.5. The Bertz CT molecular complexity index is 1310. The fraction of sp³-hybridized carbons (Fsp3) is 0.478. The summed E-state index contributed by atoms with van der Waals surface area (Å²) in [7, 11) is -3.69. The van der Waals surface area contributed by atoms with E-state index in [1.165, 1.54) is 6.20 Å². The van der Waals surface area contributed by atoms with Crippen molar-refractivity contribution in [3.05, 3.63) is 30.2 Å². The lowest BCUT2D eigenvalue weighted by Gasteiger charge is -2.38. The van der Waals surface area contributed by atoms with E-state index in [1.54, 1.807) is 6.20 Å². The molecule has 0 spiro atoms. The van der Waals surface area contributed by atoms with Crippen molar-refractivity contribution in [2.24, 2.45) is 7.05 Å². The highest BCUT2D eigenvalue weighted by atomic mass is 32.2. The molecule has 10 heteroatoms. The van der Waals surface area contributed by atoms with Gasteiger partial charge >= 0.3 is 0 Å². The fourth-order valence-electron chi connectivity index (χ4n) is 4.55. The highest BCUT2D eigenvalue weighted by Crippen LogP contribution is 2.41. The van der Waals surface area contributed by atoms with Crippen LogP contribution in [0.5, 0.6) is 0 Å². The summed E-state index contributed by atoms with van der Waals surface area (Å²) in [6.07, 6.45) is 6.09. The van der Waals surface area contributed by atoms with Gasteiger partial charge in [-0.25, -0.2) is 23.4 Å². The highest BCUT2D eigenvalue weighted by molar-refractivity contribution is 7.90. The van der Waals surface area contributed by atoms with Crippen LogP contribution in [0.1, 0.15) is 47.1 Å². The first-order chi connectivity index (χ1) is 15.4. The molecule has 0 atom stereocenters. The second kappa shape index (κ2) is 9.23. The minimum absolute atomic E-state index is 0.259. The molecule has 0 saturated carbocycles. The topological polar surface area (TPSA) is 103 Å². The van der Waals surface area contributed by atoms with Gasteiger partial charge in [0, 0.05) is 37.5 Å². The van der Waals surface area contributed by atoms with E-state index < -0.39 is 17.9 Å². The molecule has 3 aromatic heterocycles. The van der Waals surface area contributed by atoms with Gasteiger partial charge in [0.05, 0.1) is 5.39 Å². The molecule has 0 fully saturated rings. The third kappa shape index (κ3) is 4.94. The SMILES string of the molecule is CC(C)[Si](C#Cc1cc(Nc2nccn2C)nc2nc(S(C)(=O)=O)ncc12)(C(C)C)C(C)C. The lowest BCUT2D eigenvalue weighted by atomic mass is 10.2. The average molecular weight is 485 g/mol. The number of sulfone groups is 1. The summed E-state index contributed by atoms with van der Waals surface area (Å²) in [6, 6.07) is 1.85. The summed E-state index contributed by atoms with van der Waals surface area (Å²) in [5, 5.41) is 3.55. The van der Waals surface area contributed by atoms with E-state index in [1.807, 2.05) is 23.9 Å². The van der Waals surface area contributed by atoms with Gasteiger partial charge in [-0.05, 0) is 22.7 Å². The van der Waals surface area contributed by atoms with E-state index >= 15 is 0 Å². The molecule has 176 valence electrons. The van der Waals surface area contributed by atoms with Gasteiger partial charge in [0.15, 0.2) is 5.65 Å². The minimum Gasteiger partial charge on any atom is -0.320 e. The van der Waals surface area contributed by atoms with Crippen molar-refractivity contribution in [1.29, 1.82) is 0 Å². The molecule has 8 nitrogen and oxygen atoms in total. The number of hydrogen-bond donors (Lipinski definition) is 1. The molecule has 33 heavy (non-hydrogen) atoms. The van der Waals surface area contributed by atoms with E-state index in [0.29, 0.717) is 33.8 Å². The quantitative estimate of drug-likeness (QED) is 0.313. The van der Waals surface area contributed by atoms with Crippen LogP contribution in [0.4, 0.5) is 11.8 Å². The lowest BCUT2D eigenvalue weighted by Crippen LogP contribution is -2.43. The van der Waals surface area contributed by atoms with Gasteiger partial charge in [-0.2, -0.15) is 4.98 Å². The summed E-state index contributed by atoms with van der Waals surface area (Å²) in [5.74, 6) is 4.54. The van der Waals surface area contributed by atoms with Crippen molar-refractivity contribution in [3.63, 3.8) is 0 Å². The Morgan fingerprint density at radius 3 is 2.18 bits per heavy atom. The van der Waals surface area contributed by atoms with Gasteiger partial charge < -0.3 is 9.88 Å². The van der Waals surface area contributed by atoms with E-state index in [-0.39, 0.29) is 10.8 Å². The van der Waals surface area contributed by atoms with Crippen LogP contribution in [0.3, 0.4) is 0 Å². The Morgan fingerprint density at radius 1 is 1.03 bits per heavy atom. The zero-order chi connectivity index (χ0) is 24.6. The summed E-state index contributed by atoms with van der Waals surface area (Å²) in [6.45, 7) is 13.6. The Labute approximate surface area is 197 Å². The number of fused-ring (bicyclic) bond motifs is 1. The van der Waals surface area contributed by atoms with Crippen LogP contribution in [0.15, 0.2) is 29.8 Å². The van der Waals surface area contributed by atoms with Crippen molar-refractivity contribution in [1.82, 2.24) is 24.5 Å². The Morgan fingerprint density at radius 2 is 1.67 bits per heavy atom.